The molecule has 4 nitrogen and oxygen atoms in total. The molecule has 0 N–H and O–H groups in total. The van der Waals surface area contributed by atoms with Crippen molar-refractivity contribution < 1.29 is 0 Å². The maximum atomic E-state index is 8.97. The van der Waals surface area contributed by atoms with Crippen LogP contribution < -0.4 is 0 Å². The van der Waals surface area contributed by atoms with E-state index in [4.69, 9.17) is 5.26 Å². The molecule has 1 aliphatic carbocycles. The molecular weight excluding hydrogens is 152 g/mol. The second-order valence-electron chi connectivity index (χ2n) is 3.32. The summed E-state index contributed by atoms with van der Waals surface area (Å²) in [6.45, 7) is 0. The summed E-state index contributed by atoms with van der Waals surface area (Å²) in [6.07, 6.45) is 4.83. The summed E-state index contributed by atoms with van der Waals surface area (Å²) in [4.78, 5) is 0. The van der Waals surface area contributed by atoms with E-state index >= 15 is 0 Å². The highest BCUT2D eigenvalue weighted by Crippen LogP contribution is 2.41. The predicted octanol–water partition coefficient (Wildman–Crippen LogP) is 0.760. The van der Waals surface area contributed by atoms with Gasteiger partial charge in [-0.15, -0.1) is 5.10 Å². The Labute approximate surface area is 70.8 Å². The van der Waals surface area contributed by atoms with Crippen LogP contribution in [0, 0.1) is 11.3 Å². The third kappa shape index (κ3) is 0.828. The van der Waals surface area contributed by atoms with Crippen LogP contribution in [0.15, 0.2) is 6.20 Å². The zero-order valence-corrected chi connectivity index (χ0v) is 6.99. The lowest BCUT2D eigenvalue weighted by molar-refractivity contribution is 0.315. The first kappa shape index (κ1) is 7.29. The van der Waals surface area contributed by atoms with Crippen LogP contribution in [-0.4, -0.2) is 15.0 Å². The molecule has 0 aliphatic heterocycles. The topological polar surface area (TPSA) is 54.5 Å². The van der Waals surface area contributed by atoms with Gasteiger partial charge in [0.15, 0.2) is 0 Å². The average molecular weight is 162 g/mol. The maximum Gasteiger partial charge on any atom is 0.103 e. The summed E-state index contributed by atoms with van der Waals surface area (Å²) in [5.74, 6) is 0. The SMILES string of the molecule is Cn1cc(C2(C#N)CCC2)nn1. The van der Waals surface area contributed by atoms with Gasteiger partial charge in [0.1, 0.15) is 11.1 Å². The molecule has 1 aromatic heterocycles. The van der Waals surface area contributed by atoms with Crippen molar-refractivity contribution in [1.82, 2.24) is 15.0 Å². The molecule has 62 valence electrons. The molecule has 2 rings (SSSR count). The fourth-order valence-electron chi connectivity index (χ4n) is 1.52. The molecule has 0 radical (unpaired) electrons. The van der Waals surface area contributed by atoms with Gasteiger partial charge in [0.05, 0.1) is 6.07 Å². The number of hydrogen-bond acceptors (Lipinski definition) is 3. The van der Waals surface area contributed by atoms with Crippen molar-refractivity contribution in [3.63, 3.8) is 0 Å². The van der Waals surface area contributed by atoms with E-state index in [-0.39, 0.29) is 5.41 Å². The first-order valence-electron chi connectivity index (χ1n) is 4.05. The smallest absolute Gasteiger partial charge is 0.103 e. The number of aryl methyl sites for hydroxylation is 1. The molecule has 4 heteroatoms. The summed E-state index contributed by atoms with van der Waals surface area (Å²) in [7, 11) is 1.82. The largest absolute Gasteiger partial charge is 0.255 e. The molecule has 1 saturated carbocycles. The van der Waals surface area contributed by atoms with E-state index in [1.54, 1.807) is 4.68 Å². The number of aromatic nitrogens is 3. The Kier molecular flexibility index (Phi) is 1.40. The van der Waals surface area contributed by atoms with Crippen molar-refractivity contribution in [3.05, 3.63) is 11.9 Å². The van der Waals surface area contributed by atoms with Gasteiger partial charge in [0, 0.05) is 13.2 Å². The summed E-state index contributed by atoms with van der Waals surface area (Å²) >= 11 is 0. The normalized spacial score (nSPS) is 19.7. The van der Waals surface area contributed by atoms with Gasteiger partial charge in [0.2, 0.25) is 0 Å². The lowest BCUT2D eigenvalue weighted by Crippen LogP contribution is -2.32. The second-order valence-corrected chi connectivity index (χ2v) is 3.32. The summed E-state index contributed by atoms with van der Waals surface area (Å²) in [5, 5.41) is 16.8. The van der Waals surface area contributed by atoms with E-state index in [1.165, 1.54) is 0 Å². The van der Waals surface area contributed by atoms with Gasteiger partial charge in [-0.05, 0) is 19.3 Å². The standard InChI is InChI=1S/C8H10N4/c1-12-5-7(10-11-12)8(6-9)3-2-4-8/h5H,2-4H2,1H3. The van der Waals surface area contributed by atoms with Crippen LogP contribution in [-0.2, 0) is 12.5 Å². The predicted molar refractivity (Wildman–Crippen MR) is 42.1 cm³/mol. The van der Waals surface area contributed by atoms with Gasteiger partial charge < -0.3 is 0 Å². The highest BCUT2D eigenvalue weighted by atomic mass is 15.4. The number of nitriles is 1. The number of rotatable bonds is 1. The molecule has 12 heavy (non-hydrogen) atoms. The van der Waals surface area contributed by atoms with Gasteiger partial charge in [-0.2, -0.15) is 5.26 Å². The van der Waals surface area contributed by atoms with Crippen LogP contribution in [0.5, 0.6) is 0 Å². The molecule has 0 bridgehead atoms. The number of nitrogens with zero attached hydrogens (tertiary/aromatic N) is 4. The lowest BCUT2D eigenvalue weighted by atomic mass is 9.68. The van der Waals surface area contributed by atoms with Crippen LogP contribution in [0.1, 0.15) is 25.0 Å². The second kappa shape index (κ2) is 2.31. The fourth-order valence-corrected chi connectivity index (χ4v) is 1.52. The molecule has 0 atom stereocenters. The lowest BCUT2D eigenvalue weighted by Gasteiger charge is -2.32. The first-order chi connectivity index (χ1) is 5.77. The first-order valence-corrected chi connectivity index (χ1v) is 4.05. The molecule has 0 saturated heterocycles. The van der Waals surface area contributed by atoms with Gasteiger partial charge >= 0.3 is 0 Å². The fraction of sp³-hybridized carbons (Fsp3) is 0.625. The average Bonchev–Trinajstić information content (AvgIpc) is 2.35. The van der Waals surface area contributed by atoms with Crippen molar-refractivity contribution in [2.45, 2.75) is 24.7 Å². The van der Waals surface area contributed by atoms with Gasteiger partial charge in [-0.25, -0.2) is 0 Å². The third-order valence-electron chi connectivity index (χ3n) is 2.51. The molecule has 0 unspecified atom stereocenters. The van der Waals surface area contributed by atoms with Gasteiger partial charge in [0.25, 0.3) is 0 Å². The Balaban J connectivity index is 2.35. The Morgan fingerprint density at radius 1 is 1.67 bits per heavy atom. The van der Waals surface area contributed by atoms with E-state index in [0.29, 0.717) is 0 Å². The van der Waals surface area contributed by atoms with Crippen LogP contribution in [0.4, 0.5) is 0 Å². The van der Waals surface area contributed by atoms with Crippen LogP contribution in [0.3, 0.4) is 0 Å². The van der Waals surface area contributed by atoms with Crippen LogP contribution in [0.25, 0.3) is 0 Å². The van der Waals surface area contributed by atoms with E-state index in [0.717, 1.165) is 25.0 Å². The molecule has 1 heterocycles. The Bertz CT molecular complexity index is 329. The minimum absolute atomic E-state index is 0.311. The molecular formula is C8H10N4. The van der Waals surface area contributed by atoms with Crippen molar-refractivity contribution in [3.8, 4) is 6.07 Å². The monoisotopic (exact) mass is 162 g/mol. The Morgan fingerprint density at radius 3 is 2.75 bits per heavy atom. The Hall–Kier alpha value is -1.37. The van der Waals surface area contributed by atoms with Crippen molar-refractivity contribution >= 4 is 0 Å². The Morgan fingerprint density at radius 2 is 2.42 bits per heavy atom. The molecule has 0 aromatic carbocycles. The minimum Gasteiger partial charge on any atom is -0.255 e. The van der Waals surface area contributed by atoms with E-state index in [1.807, 2.05) is 13.2 Å². The zero-order chi connectivity index (χ0) is 8.60. The van der Waals surface area contributed by atoms with Crippen molar-refractivity contribution in [1.29, 1.82) is 5.26 Å². The molecule has 1 aromatic rings. The third-order valence-corrected chi connectivity index (χ3v) is 2.51. The molecule has 0 spiro atoms. The van der Waals surface area contributed by atoms with Gasteiger partial charge in [-0.3, -0.25) is 4.68 Å². The highest BCUT2D eigenvalue weighted by Gasteiger charge is 2.41. The van der Waals surface area contributed by atoms with E-state index in [2.05, 4.69) is 16.4 Å². The summed E-state index contributed by atoms with van der Waals surface area (Å²) < 4.78 is 1.65. The summed E-state index contributed by atoms with van der Waals surface area (Å²) in [5.41, 5.74) is 0.521. The van der Waals surface area contributed by atoms with Gasteiger partial charge in [-0.1, -0.05) is 5.21 Å². The maximum absolute atomic E-state index is 8.97. The minimum atomic E-state index is -0.311. The molecule has 1 fully saturated rings. The zero-order valence-electron chi connectivity index (χ0n) is 6.99. The van der Waals surface area contributed by atoms with Crippen molar-refractivity contribution in [2.24, 2.45) is 7.05 Å². The van der Waals surface area contributed by atoms with Crippen molar-refractivity contribution in [2.75, 3.05) is 0 Å². The highest BCUT2D eigenvalue weighted by molar-refractivity contribution is 5.27. The summed E-state index contributed by atoms with van der Waals surface area (Å²) in [6, 6.07) is 2.33. The number of hydrogen-bond donors (Lipinski definition) is 0. The van der Waals surface area contributed by atoms with Crippen LogP contribution in [0.2, 0.25) is 0 Å². The van der Waals surface area contributed by atoms with Crippen LogP contribution >= 0.6 is 0 Å². The quantitative estimate of drug-likeness (QED) is 0.612. The van der Waals surface area contributed by atoms with E-state index in [9.17, 15) is 0 Å². The van der Waals surface area contributed by atoms with E-state index < -0.39 is 0 Å². The molecule has 0 amide bonds. The molecule has 1 aliphatic rings.